The fraction of sp³-hybridized carbons (Fsp3) is 0.842. The maximum atomic E-state index is 12.6. The highest BCUT2D eigenvalue weighted by molar-refractivity contribution is 5.89. The predicted octanol–water partition coefficient (Wildman–Crippen LogP) is 2.06. The van der Waals surface area contributed by atoms with Crippen molar-refractivity contribution in [2.24, 2.45) is 5.92 Å². The van der Waals surface area contributed by atoms with Gasteiger partial charge in [0.2, 0.25) is 5.91 Å². The summed E-state index contributed by atoms with van der Waals surface area (Å²) in [6.45, 7) is 5.42. The van der Waals surface area contributed by atoms with E-state index in [0.717, 1.165) is 0 Å². The minimum atomic E-state index is -4.73. The molecule has 0 aromatic rings. The Morgan fingerprint density at radius 1 is 1.00 bits per heavy atom. The van der Waals surface area contributed by atoms with Gasteiger partial charge in [0.15, 0.2) is 0 Å². The van der Waals surface area contributed by atoms with Crippen molar-refractivity contribution in [1.82, 2.24) is 16.2 Å². The van der Waals surface area contributed by atoms with E-state index in [1.807, 2.05) is 0 Å². The largest absolute Gasteiger partial charge is 0.522 e. The third-order valence-corrected chi connectivity index (χ3v) is 5.88. The van der Waals surface area contributed by atoms with E-state index in [1.165, 1.54) is 0 Å². The molecule has 2 aliphatic carbocycles. The number of hydrazine groups is 1. The van der Waals surface area contributed by atoms with Gasteiger partial charge in [-0.05, 0) is 59.3 Å². The molecular formula is C19H28F3N3O6. The molecule has 4 rings (SSSR count). The predicted molar refractivity (Wildman–Crippen MR) is 99.2 cm³/mol. The Morgan fingerprint density at radius 2 is 1.61 bits per heavy atom. The summed E-state index contributed by atoms with van der Waals surface area (Å²) in [7, 11) is 0. The average molecular weight is 451 g/mol. The highest BCUT2D eigenvalue weighted by Crippen LogP contribution is 2.44. The molecule has 2 aliphatic heterocycles. The van der Waals surface area contributed by atoms with Crippen LogP contribution in [0.3, 0.4) is 0 Å². The lowest BCUT2D eigenvalue weighted by Crippen LogP contribution is -2.68. The zero-order chi connectivity index (χ0) is 23.1. The summed E-state index contributed by atoms with van der Waals surface area (Å²) < 4.78 is 51.4. The Kier molecular flexibility index (Phi) is 6.18. The van der Waals surface area contributed by atoms with Crippen LogP contribution in [0, 0.1) is 5.92 Å². The lowest BCUT2D eigenvalue weighted by Gasteiger charge is -2.51. The number of alkyl halides is 3. The number of fused-ring (bicyclic) bond motifs is 3. The molecule has 0 unspecified atom stereocenters. The van der Waals surface area contributed by atoms with Gasteiger partial charge in [0.1, 0.15) is 11.2 Å². The van der Waals surface area contributed by atoms with Crippen molar-refractivity contribution >= 4 is 17.9 Å². The molecule has 3 N–H and O–H groups in total. The number of nitrogens with one attached hydrogen (secondary N) is 3. The Labute approximate surface area is 177 Å². The quantitative estimate of drug-likeness (QED) is 0.564. The molecule has 12 heteroatoms. The van der Waals surface area contributed by atoms with E-state index in [4.69, 9.17) is 9.47 Å². The van der Waals surface area contributed by atoms with Crippen LogP contribution in [0.1, 0.15) is 59.3 Å². The Hall–Kier alpha value is -2.08. The van der Waals surface area contributed by atoms with Gasteiger partial charge in [0, 0.05) is 5.92 Å². The monoisotopic (exact) mass is 451 g/mol. The van der Waals surface area contributed by atoms with E-state index in [-0.39, 0.29) is 19.4 Å². The number of rotatable bonds is 4. The zero-order valence-electron chi connectivity index (χ0n) is 17.7. The number of carbonyl (C=O) groups is 3. The van der Waals surface area contributed by atoms with E-state index in [9.17, 15) is 27.6 Å². The van der Waals surface area contributed by atoms with Crippen molar-refractivity contribution in [3.05, 3.63) is 0 Å². The summed E-state index contributed by atoms with van der Waals surface area (Å²) in [5.74, 6) is -1.75. The van der Waals surface area contributed by atoms with Gasteiger partial charge in [-0.2, -0.15) is 0 Å². The third-order valence-electron chi connectivity index (χ3n) is 5.88. The summed E-state index contributed by atoms with van der Waals surface area (Å²) >= 11 is 0. The molecule has 2 saturated carbocycles. The maximum absolute atomic E-state index is 12.6. The van der Waals surface area contributed by atoms with Gasteiger partial charge in [-0.25, -0.2) is 4.79 Å². The Bertz CT molecular complexity index is 706. The molecule has 2 heterocycles. The van der Waals surface area contributed by atoms with Crippen LogP contribution < -0.4 is 16.2 Å². The van der Waals surface area contributed by atoms with Crippen molar-refractivity contribution in [3.8, 4) is 0 Å². The first-order valence-corrected chi connectivity index (χ1v) is 10.2. The minimum Gasteiger partial charge on any atom is -0.444 e. The second-order valence-corrected chi connectivity index (χ2v) is 9.49. The number of hydrogen-bond donors (Lipinski definition) is 3. The first kappa shape index (κ1) is 23.6. The van der Waals surface area contributed by atoms with Gasteiger partial charge in [-0.3, -0.25) is 25.2 Å². The summed E-state index contributed by atoms with van der Waals surface area (Å²) in [5, 5.41) is 2.85. The SMILES string of the molecule is CC(C)(C)OC(=O)NC12CCC(C(=O)NNC(=O)C3CC(OC(F)(F)F)C3)(CC1)OC2. The molecule has 0 atom stereocenters. The first-order valence-electron chi connectivity index (χ1n) is 10.2. The summed E-state index contributed by atoms with van der Waals surface area (Å²) in [6, 6.07) is 0. The highest BCUT2D eigenvalue weighted by atomic mass is 19.4. The molecular weight excluding hydrogens is 423 g/mol. The first-order chi connectivity index (χ1) is 14.2. The second-order valence-electron chi connectivity index (χ2n) is 9.49. The van der Waals surface area contributed by atoms with Gasteiger partial charge in [0.05, 0.1) is 18.2 Å². The van der Waals surface area contributed by atoms with Crippen molar-refractivity contribution in [1.29, 1.82) is 0 Å². The molecule has 4 fully saturated rings. The molecule has 9 nitrogen and oxygen atoms in total. The number of carbonyl (C=O) groups excluding carboxylic acids is 3. The number of amides is 3. The van der Waals surface area contributed by atoms with E-state index in [2.05, 4.69) is 20.9 Å². The topological polar surface area (TPSA) is 115 Å². The Balaban J connectivity index is 1.43. The third kappa shape index (κ3) is 5.79. The van der Waals surface area contributed by atoms with Crippen molar-refractivity contribution < 1.29 is 41.8 Å². The van der Waals surface area contributed by atoms with Gasteiger partial charge < -0.3 is 14.8 Å². The molecule has 0 spiro atoms. The number of hydrogen-bond acceptors (Lipinski definition) is 6. The van der Waals surface area contributed by atoms with Crippen LogP contribution in [0.25, 0.3) is 0 Å². The summed E-state index contributed by atoms with van der Waals surface area (Å²) in [4.78, 5) is 36.8. The van der Waals surface area contributed by atoms with Crippen LogP contribution in [0.2, 0.25) is 0 Å². The van der Waals surface area contributed by atoms with E-state index in [0.29, 0.717) is 25.7 Å². The number of ether oxygens (including phenoxy) is 3. The summed E-state index contributed by atoms with van der Waals surface area (Å²) in [6.07, 6.45) is -4.76. The molecule has 4 aliphatic rings. The molecule has 176 valence electrons. The number of alkyl carbamates (subject to hydrolysis) is 1. The van der Waals surface area contributed by atoms with E-state index >= 15 is 0 Å². The summed E-state index contributed by atoms with van der Waals surface area (Å²) in [5.41, 5.74) is 2.23. The molecule has 2 bridgehead atoms. The molecule has 3 amide bonds. The average Bonchev–Trinajstić information content (AvgIpc) is 2.61. The van der Waals surface area contributed by atoms with Crippen molar-refractivity contribution in [2.75, 3.05) is 6.61 Å². The van der Waals surface area contributed by atoms with E-state index in [1.54, 1.807) is 20.8 Å². The standard InChI is InChI=1S/C19H28F3N3O6/c1-16(2,3)31-15(28)23-17-4-6-18(7-5-17,29-10-17)14(27)25-24-13(26)11-8-12(9-11)30-19(20,21)22/h11-12H,4-10H2,1-3H3,(H,23,28)(H,24,26)(H,25,27). The fourth-order valence-corrected chi connectivity index (χ4v) is 4.07. The lowest BCUT2D eigenvalue weighted by molar-refractivity contribution is -0.353. The molecule has 0 aromatic carbocycles. The van der Waals surface area contributed by atoms with Crippen LogP contribution in [0.4, 0.5) is 18.0 Å². The van der Waals surface area contributed by atoms with Gasteiger partial charge >= 0.3 is 12.5 Å². The van der Waals surface area contributed by atoms with Crippen LogP contribution in [-0.4, -0.2) is 53.7 Å². The van der Waals surface area contributed by atoms with E-state index < -0.39 is 53.0 Å². The van der Waals surface area contributed by atoms with Crippen LogP contribution in [0.15, 0.2) is 0 Å². The second kappa shape index (κ2) is 8.12. The van der Waals surface area contributed by atoms with Crippen molar-refractivity contribution in [2.45, 2.75) is 88.5 Å². The fourth-order valence-electron chi connectivity index (χ4n) is 4.07. The van der Waals surface area contributed by atoms with Crippen LogP contribution in [-0.2, 0) is 23.8 Å². The van der Waals surface area contributed by atoms with Crippen LogP contribution >= 0.6 is 0 Å². The zero-order valence-corrected chi connectivity index (χ0v) is 17.7. The van der Waals surface area contributed by atoms with Gasteiger partial charge in [-0.1, -0.05) is 0 Å². The normalized spacial score (nSPS) is 32.6. The maximum Gasteiger partial charge on any atom is 0.522 e. The van der Waals surface area contributed by atoms with Crippen LogP contribution in [0.5, 0.6) is 0 Å². The molecule has 0 aromatic heterocycles. The smallest absolute Gasteiger partial charge is 0.444 e. The molecule has 31 heavy (non-hydrogen) atoms. The minimum absolute atomic E-state index is 0.0677. The van der Waals surface area contributed by atoms with Crippen molar-refractivity contribution in [3.63, 3.8) is 0 Å². The number of halogens is 3. The van der Waals surface area contributed by atoms with Gasteiger partial charge in [0.25, 0.3) is 5.91 Å². The lowest BCUT2D eigenvalue weighted by atomic mass is 9.71. The highest BCUT2D eigenvalue weighted by Gasteiger charge is 2.55. The molecule has 2 saturated heterocycles. The molecule has 0 radical (unpaired) electrons. The Morgan fingerprint density at radius 3 is 2.10 bits per heavy atom. The van der Waals surface area contributed by atoms with Gasteiger partial charge in [-0.15, -0.1) is 13.2 Å².